The fourth-order valence-electron chi connectivity index (χ4n) is 1.63. The van der Waals surface area contributed by atoms with Crippen LogP contribution in [0.15, 0.2) is 34.2 Å². The van der Waals surface area contributed by atoms with E-state index in [1.54, 1.807) is 6.92 Å². The molecule has 0 saturated carbocycles. The second kappa shape index (κ2) is 9.31. The molecule has 24 heavy (non-hydrogen) atoms. The monoisotopic (exact) mass is 363 g/mol. The standard InChI is InChI=1S/C15H16F3NO4S/c1-3-22-13(20)7-10(2)19-14(21)23-9-11-5-4-6-12(8-11)24-15(16,17)18/h4-6,8H,3,7,9H2,1-2H3. The number of halogens is 3. The van der Waals surface area contributed by atoms with Gasteiger partial charge in [-0.15, -0.1) is 0 Å². The van der Waals surface area contributed by atoms with Gasteiger partial charge in [-0.05, 0) is 43.3 Å². The zero-order valence-electron chi connectivity index (χ0n) is 13.1. The summed E-state index contributed by atoms with van der Waals surface area (Å²) in [5, 5.41) is 0. The van der Waals surface area contributed by atoms with E-state index in [1.807, 2.05) is 0 Å². The highest BCUT2D eigenvalue weighted by atomic mass is 32.2. The third kappa shape index (κ3) is 8.56. The van der Waals surface area contributed by atoms with Crippen LogP contribution in [0.2, 0.25) is 0 Å². The number of hydrogen-bond donors (Lipinski definition) is 0. The lowest BCUT2D eigenvalue weighted by molar-refractivity contribution is -0.141. The lowest BCUT2D eigenvalue weighted by atomic mass is 10.2. The van der Waals surface area contributed by atoms with Crippen molar-refractivity contribution in [3.63, 3.8) is 0 Å². The van der Waals surface area contributed by atoms with Crippen LogP contribution in [-0.2, 0) is 20.9 Å². The number of thioether (sulfide) groups is 1. The lowest BCUT2D eigenvalue weighted by Crippen LogP contribution is -2.11. The normalized spacial score (nSPS) is 12.0. The fraction of sp³-hybridized carbons (Fsp3) is 0.400. The van der Waals surface area contributed by atoms with Crippen molar-refractivity contribution in [2.45, 2.75) is 37.3 Å². The average molecular weight is 363 g/mol. The van der Waals surface area contributed by atoms with Crippen LogP contribution in [-0.4, -0.2) is 29.9 Å². The van der Waals surface area contributed by atoms with Gasteiger partial charge in [0, 0.05) is 10.6 Å². The van der Waals surface area contributed by atoms with Gasteiger partial charge >= 0.3 is 17.6 Å². The molecule has 0 aromatic heterocycles. The van der Waals surface area contributed by atoms with E-state index in [0.29, 0.717) is 5.56 Å². The molecule has 0 aliphatic carbocycles. The van der Waals surface area contributed by atoms with Gasteiger partial charge in [0.15, 0.2) is 0 Å². The minimum absolute atomic E-state index is 0.00181. The van der Waals surface area contributed by atoms with Gasteiger partial charge in [0.05, 0.1) is 13.0 Å². The Labute approximate surface area is 141 Å². The first-order chi connectivity index (χ1) is 11.2. The minimum atomic E-state index is -4.39. The number of carbonyl (C=O) groups is 2. The van der Waals surface area contributed by atoms with Gasteiger partial charge < -0.3 is 9.47 Å². The number of amides is 1. The third-order valence-corrected chi connectivity index (χ3v) is 3.20. The smallest absolute Gasteiger partial charge is 0.446 e. The zero-order valence-corrected chi connectivity index (χ0v) is 13.9. The van der Waals surface area contributed by atoms with Crippen molar-refractivity contribution in [2.75, 3.05) is 6.61 Å². The summed E-state index contributed by atoms with van der Waals surface area (Å²) in [6.45, 7) is 3.13. The van der Waals surface area contributed by atoms with Gasteiger partial charge in [0.25, 0.3) is 0 Å². The van der Waals surface area contributed by atoms with Crippen molar-refractivity contribution < 1.29 is 32.2 Å². The Morgan fingerprint density at radius 2 is 1.96 bits per heavy atom. The summed E-state index contributed by atoms with van der Waals surface area (Å²) in [6, 6.07) is 5.56. The molecule has 1 rings (SSSR count). The molecule has 1 aromatic rings. The van der Waals surface area contributed by atoms with Crippen LogP contribution in [0.4, 0.5) is 18.0 Å². The number of hydrogen-bond acceptors (Lipinski definition) is 5. The van der Waals surface area contributed by atoms with Gasteiger partial charge in [-0.3, -0.25) is 4.79 Å². The Morgan fingerprint density at radius 3 is 2.58 bits per heavy atom. The van der Waals surface area contributed by atoms with Crippen LogP contribution in [0.1, 0.15) is 25.8 Å². The summed E-state index contributed by atoms with van der Waals surface area (Å²) in [7, 11) is 0. The first-order valence-electron chi connectivity index (χ1n) is 6.91. The predicted molar refractivity (Wildman–Crippen MR) is 82.9 cm³/mol. The van der Waals surface area contributed by atoms with E-state index in [-0.39, 0.29) is 42.0 Å². The van der Waals surface area contributed by atoms with Crippen molar-refractivity contribution in [1.29, 1.82) is 0 Å². The number of esters is 1. The molecule has 0 bridgehead atoms. The van der Waals surface area contributed by atoms with E-state index in [0.717, 1.165) is 0 Å². The second-order valence-electron chi connectivity index (χ2n) is 4.58. The highest BCUT2D eigenvalue weighted by Crippen LogP contribution is 2.36. The maximum Gasteiger partial charge on any atom is 0.446 e. The molecule has 0 N–H and O–H groups in total. The summed E-state index contributed by atoms with van der Waals surface area (Å²) in [5.74, 6) is -0.511. The molecule has 0 aliphatic heterocycles. The van der Waals surface area contributed by atoms with Crippen molar-refractivity contribution in [3.05, 3.63) is 29.8 Å². The first kappa shape index (κ1) is 20.0. The Balaban J connectivity index is 2.55. The molecular formula is C15H16F3NO4S. The summed E-state index contributed by atoms with van der Waals surface area (Å²) in [4.78, 5) is 26.3. The molecule has 1 aromatic carbocycles. The minimum Gasteiger partial charge on any atom is -0.466 e. The summed E-state index contributed by atoms with van der Waals surface area (Å²) in [5.41, 5.74) is -3.76. The van der Waals surface area contributed by atoms with Crippen LogP contribution in [0.3, 0.4) is 0 Å². The Morgan fingerprint density at radius 1 is 1.25 bits per heavy atom. The second-order valence-corrected chi connectivity index (χ2v) is 5.72. The van der Waals surface area contributed by atoms with E-state index in [2.05, 4.69) is 4.99 Å². The van der Waals surface area contributed by atoms with E-state index in [9.17, 15) is 22.8 Å². The molecule has 0 saturated heterocycles. The van der Waals surface area contributed by atoms with E-state index < -0.39 is 17.6 Å². The van der Waals surface area contributed by atoms with Crippen LogP contribution in [0, 0.1) is 0 Å². The van der Waals surface area contributed by atoms with Gasteiger partial charge in [-0.2, -0.15) is 18.2 Å². The van der Waals surface area contributed by atoms with Crippen LogP contribution in [0.25, 0.3) is 0 Å². The summed E-state index contributed by atoms with van der Waals surface area (Å²) in [6.07, 6.45) is -1.06. The van der Waals surface area contributed by atoms with E-state index >= 15 is 0 Å². The number of alkyl halides is 3. The first-order valence-corrected chi connectivity index (χ1v) is 7.72. The number of carbonyl (C=O) groups excluding carboxylic acids is 2. The number of nitrogens with zero attached hydrogens (tertiary/aromatic N) is 1. The third-order valence-electron chi connectivity index (χ3n) is 2.48. The maximum atomic E-state index is 12.3. The quantitative estimate of drug-likeness (QED) is 0.427. The van der Waals surface area contributed by atoms with Gasteiger partial charge in [-0.25, -0.2) is 4.79 Å². The molecule has 0 spiro atoms. The SMILES string of the molecule is CCOC(=O)CC(C)=NC(=O)OCc1cccc(SC(F)(F)F)c1. The highest BCUT2D eigenvalue weighted by molar-refractivity contribution is 8.00. The molecule has 1 amide bonds. The molecule has 0 unspecified atom stereocenters. The largest absolute Gasteiger partial charge is 0.466 e. The molecule has 0 fully saturated rings. The van der Waals surface area contributed by atoms with Gasteiger partial charge in [0.2, 0.25) is 0 Å². The Bertz CT molecular complexity index is 617. The predicted octanol–water partition coefficient (Wildman–Crippen LogP) is 4.35. The van der Waals surface area contributed by atoms with Gasteiger partial charge in [-0.1, -0.05) is 12.1 Å². The van der Waals surface area contributed by atoms with Crippen molar-refractivity contribution in [3.8, 4) is 0 Å². The molecular weight excluding hydrogens is 347 g/mol. The van der Waals surface area contributed by atoms with Crippen LogP contribution < -0.4 is 0 Å². The number of rotatable bonds is 6. The summed E-state index contributed by atoms with van der Waals surface area (Å²) >= 11 is -0.248. The maximum absolute atomic E-state index is 12.3. The molecule has 0 heterocycles. The number of benzene rings is 1. The zero-order chi connectivity index (χ0) is 18.2. The topological polar surface area (TPSA) is 65.0 Å². The van der Waals surface area contributed by atoms with Gasteiger partial charge in [0.1, 0.15) is 6.61 Å². The molecule has 0 aliphatic rings. The van der Waals surface area contributed by atoms with Crippen LogP contribution >= 0.6 is 11.8 Å². The Kier molecular flexibility index (Phi) is 7.76. The highest BCUT2D eigenvalue weighted by Gasteiger charge is 2.29. The molecule has 132 valence electrons. The van der Waals surface area contributed by atoms with E-state index in [4.69, 9.17) is 9.47 Å². The molecule has 0 radical (unpaired) electrons. The molecule has 0 atom stereocenters. The van der Waals surface area contributed by atoms with Crippen molar-refractivity contribution >= 4 is 29.5 Å². The average Bonchev–Trinajstić information content (AvgIpc) is 2.43. The number of ether oxygens (including phenoxy) is 2. The van der Waals surface area contributed by atoms with Crippen molar-refractivity contribution in [1.82, 2.24) is 0 Å². The van der Waals surface area contributed by atoms with Crippen molar-refractivity contribution in [2.24, 2.45) is 4.99 Å². The lowest BCUT2D eigenvalue weighted by Gasteiger charge is -2.07. The molecule has 9 heteroatoms. The van der Waals surface area contributed by atoms with Crippen LogP contribution in [0.5, 0.6) is 0 Å². The Hall–Kier alpha value is -2.03. The molecule has 5 nitrogen and oxygen atoms in total. The summed E-state index contributed by atoms with van der Waals surface area (Å²) < 4.78 is 46.5. The van der Waals surface area contributed by atoms with E-state index in [1.165, 1.54) is 31.2 Å². The fourth-order valence-corrected chi connectivity index (χ4v) is 2.25. The number of aliphatic imine (C=N–C) groups is 1.